The van der Waals surface area contributed by atoms with Crippen LogP contribution in [-0.4, -0.2) is 70.8 Å². The van der Waals surface area contributed by atoms with Crippen molar-refractivity contribution in [2.75, 3.05) is 37.2 Å². The smallest absolute Gasteiger partial charge is 0.248 e. The predicted molar refractivity (Wildman–Crippen MR) is 152 cm³/mol. The molecule has 0 bridgehead atoms. The number of nitrogens with one attached hydrogen (secondary N) is 3. The van der Waals surface area contributed by atoms with E-state index in [9.17, 15) is 13.6 Å². The maximum Gasteiger partial charge on any atom is 0.248 e. The Bertz CT molecular complexity index is 1350. The van der Waals surface area contributed by atoms with E-state index in [0.717, 1.165) is 58.3 Å². The van der Waals surface area contributed by atoms with E-state index in [0.29, 0.717) is 31.7 Å². The number of anilines is 1. The second-order valence-electron chi connectivity index (χ2n) is 10.6. The Morgan fingerprint density at radius 3 is 2.74 bits per heavy atom. The maximum absolute atomic E-state index is 13.8. The van der Waals surface area contributed by atoms with Crippen molar-refractivity contribution < 1.29 is 18.3 Å². The number of amides is 1. The lowest BCUT2D eigenvalue weighted by molar-refractivity contribution is -0.124. The number of hydrogen-bond acceptors (Lipinski definition) is 6. The van der Waals surface area contributed by atoms with Crippen molar-refractivity contribution in [3.8, 4) is 11.5 Å². The average Bonchev–Trinajstić information content (AvgIpc) is 3.57. The van der Waals surface area contributed by atoms with Gasteiger partial charge in [-0.05, 0) is 43.5 Å². The maximum atomic E-state index is 13.8. The van der Waals surface area contributed by atoms with Crippen LogP contribution in [0.15, 0.2) is 53.5 Å². The lowest BCUT2D eigenvalue weighted by atomic mass is 9.92. The van der Waals surface area contributed by atoms with Gasteiger partial charge in [0.05, 0.1) is 29.5 Å². The van der Waals surface area contributed by atoms with Gasteiger partial charge >= 0.3 is 0 Å². The summed E-state index contributed by atoms with van der Waals surface area (Å²) in [5.41, 5.74) is 2.72. The average molecular weight is 554 g/mol. The molecule has 1 amide bonds. The molecule has 2 fully saturated rings. The molecule has 1 atom stereocenters. The summed E-state index contributed by atoms with van der Waals surface area (Å²) < 4.78 is 33.7. The molecule has 7 nitrogen and oxygen atoms in total. The monoisotopic (exact) mass is 553 g/mol. The Hall–Kier alpha value is -3.11. The number of piperazine rings is 1. The first kappa shape index (κ1) is 26.1. The van der Waals surface area contributed by atoms with Crippen molar-refractivity contribution >= 4 is 39.3 Å². The van der Waals surface area contributed by atoms with E-state index in [2.05, 4.69) is 26.6 Å². The Kier molecular flexibility index (Phi) is 7.49. The van der Waals surface area contributed by atoms with Crippen LogP contribution in [0.5, 0.6) is 11.5 Å². The highest BCUT2D eigenvalue weighted by molar-refractivity contribution is 8.14. The first-order valence-corrected chi connectivity index (χ1v) is 14.6. The quantitative estimate of drug-likeness (QED) is 0.337. The first-order chi connectivity index (χ1) is 18.9. The van der Waals surface area contributed by atoms with Gasteiger partial charge in [-0.2, -0.15) is 0 Å². The Morgan fingerprint density at radius 2 is 1.95 bits per heavy atom. The fourth-order valence-corrected chi connectivity index (χ4v) is 6.54. The molecule has 10 heteroatoms. The van der Waals surface area contributed by atoms with Crippen molar-refractivity contribution in [1.29, 1.82) is 0 Å². The molecule has 0 spiro atoms. The molecular formula is C29H33F2N5O2S. The minimum atomic E-state index is -2.57. The highest BCUT2D eigenvalue weighted by Gasteiger charge is 2.35. The van der Waals surface area contributed by atoms with Crippen LogP contribution in [-0.2, 0) is 4.79 Å². The minimum Gasteiger partial charge on any atom is -0.457 e. The molecule has 1 aliphatic carbocycles. The van der Waals surface area contributed by atoms with Crippen LogP contribution in [0, 0.1) is 0 Å². The lowest BCUT2D eigenvalue weighted by Gasteiger charge is -2.29. The zero-order chi connectivity index (χ0) is 26.8. The van der Waals surface area contributed by atoms with Gasteiger partial charge in [0.25, 0.3) is 0 Å². The molecule has 39 heavy (non-hydrogen) atoms. The number of aliphatic imine (C=N–C) groups is 1. The molecule has 1 saturated carbocycles. The molecule has 2 aliphatic heterocycles. The molecule has 3 heterocycles. The van der Waals surface area contributed by atoms with Crippen LogP contribution in [0.1, 0.15) is 37.8 Å². The van der Waals surface area contributed by atoms with Crippen molar-refractivity contribution in [2.24, 2.45) is 4.99 Å². The molecule has 3 aromatic rings. The van der Waals surface area contributed by atoms with E-state index in [1.165, 1.54) is 0 Å². The summed E-state index contributed by atoms with van der Waals surface area (Å²) in [6.45, 7) is 2.90. The van der Waals surface area contributed by atoms with E-state index in [1.807, 2.05) is 42.5 Å². The summed E-state index contributed by atoms with van der Waals surface area (Å²) >= 11 is 1.74. The summed E-state index contributed by atoms with van der Waals surface area (Å²) in [6.07, 6.45) is 1.57. The molecular weight excluding hydrogens is 520 g/mol. The van der Waals surface area contributed by atoms with Crippen LogP contribution in [0.3, 0.4) is 0 Å². The number of aromatic amines is 1. The number of ether oxygens (including phenoxy) is 1. The summed E-state index contributed by atoms with van der Waals surface area (Å²) in [6, 6.07) is 15.8. The molecule has 1 aromatic heterocycles. The molecule has 3 aliphatic rings. The molecule has 206 valence electrons. The van der Waals surface area contributed by atoms with Gasteiger partial charge in [-0.3, -0.25) is 14.7 Å². The SMILES string of the molecule is O=C1CN(CCC2CSC(c3cc4cc(Oc5ccccc5)cc(NC5CCC(F)(F)CC5)c4[nH]3)=N2)CCN1. The zero-order valence-corrected chi connectivity index (χ0v) is 22.5. The Morgan fingerprint density at radius 1 is 1.13 bits per heavy atom. The standard InChI is InChI=1S/C29H33F2N5O2S/c30-29(31)9-6-20(7-10-29)33-24-16-23(38-22-4-2-1-3-5-22)14-19-15-25(35-27(19)24)28-34-21(18-39-28)8-12-36-13-11-32-26(37)17-36/h1-5,14-16,20-21,33,35H,6-13,17-18H2,(H,32,37). The Labute approximate surface area is 230 Å². The summed E-state index contributed by atoms with van der Waals surface area (Å²) in [7, 11) is 0. The number of halogens is 2. The van der Waals surface area contributed by atoms with Gasteiger partial charge in [0, 0.05) is 55.7 Å². The topological polar surface area (TPSA) is 81.8 Å². The van der Waals surface area contributed by atoms with Gasteiger partial charge in [-0.15, -0.1) is 11.8 Å². The number of alkyl halides is 2. The summed E-state index contributed by atoms with van der Waals surface area (Å²) in [4.78, 5) is 22.4. The number of benzene rings is 2. The van der Waals surface area contributed by atoms with Crippen molar-refractivity contribution in [2.45, 2.75) is 50.1 Å². The van der Waals surface area contributed by atoms with Crippen molar-refractivity contribution in [1.82, 2.24) is 15.2 Å². The van der Waals surface area contributed by atoms with E-state index < -0.39 is 5.92 Å². The Balaban J connectivity index is 1.22. The van der Waals surface area contributed by atoms with Crippen molar-refractivity contribution in [3.05, 3.63) is 54.2 Å². The normalized spacial score (nSPS) is 22.1. The van der Waals surface area contributed by atoms with Crippen LogP contribution < -0.4 is 15.4 Å². The van der Waals surface area contributed by atoms with Crippen LogP contribution in [0.25, 0.3) is 10.9 Å². The number of H-pyrrole nitrogens is 1. The van der Waals surface area contributed by atoms with Gasteiger partial charge in [0.2, 0.25) is 11.8 Å². The third kappa shape index (κ3) is 6.38. The highest BCUT2D eigenvalue weighted by Crippen LogP contribution is 2.38. The molecule has 1 saturated heterocycles. The van der Waals surface area contributed by atoms with E-state index in [4.69, 9.17) is 9.73 Å². The van der Waals surface area contributed by atoms with Crippen molar-refractivity contribution in [3.63, 3.8) is 0 Å². The number of nitrogens with zero attached hydrogens (tertiary/aromatic N) is 2. The van der Waals surface area contributed by atoms with Gasteiger partial charge in [-0.1, -0.05) is 18.2 Å². The molecule has 2 aromatic carbocycles. The minimum absolute atomic E-state index is 0.0222. The molecule has 0 radical (unpaired) electrons. The van der Waals surface area contributed by atoms with Gasteiger partial charge in [-0.25, -0.2) is 8.78 Å². The predicted octanol–water partition coefficient (Wildman–Crippen LogP) is 5.63. The van der Waals surface area contributed by atoms with Crippen LogP contribution >= 0.6 is 11.8 Å². The van der Waals surface area contributed by atoms with E-state index >= 15 is 0 Å². The summed E-state index contributed by atoms with van der Waals surface area (Å²) in [5, 5.41) is 8.35. The number of carbonyl (C=O) groups excluding carboxylic acids is 1. The van der Waals surface area contributed by atoms with Gasteiger partial charge in [0.1, 0.15) is 16.5 Å². The number of thioether (sulfide) groups is 1. The number of fused-ring (bicyclic) bond motifs is 1. The number of carbonyl (C=O) groups is 1. The molecule has 3 N–H and O–H groups in total. The lowest BCUT2D eigenvalue weighted by Crippen LogP contribution is -2.48. The molecule has 6 rings (SSSR count). The van der Waals surface area contributed by atoms with E-state index in [1.54, 1.807) is 11.8 Å². The number of para-hydroxylation sites is 1. The second kappa shape index (κ2) is 11.2. The van der Waals surface area contributed by atoms with Crippen LogP contribution in [0.2, 0.25) is 0 Å². The first-order valence-electron chi connectivity index (χ1n) is 13.6. The van der Waals surface area contributed by atoms with Crippen LogP contribution in [0.4, 0.5) is 14.5 Å². The number of rotatable bonds is 8. The van der Waals surface area contributed by atoms with E-state index in [-0.39, 0.29) is 30.8 Å². The zero-order valence-electron chi connectivity index (χ0n) is 21.7. The third-order valence-corrected chi connectivity index (χ3v) is 8.75. The second-order valence-corrected chi connectivity index (χ2v) is 11.6. The fourth-order valence-electron chi connectivity index (χ4n) is 5.46. The third-order valence-electron chi connectivity index (χ3n) is 7.60. The number of hydrogen-bond donors (Lipinski definition) is 3. The largest absolute Gasteiger partial charge is 0.457 e. The fraction of sp³-hybridized carbons (Fsp3) is 0.448. The van der Waals surface area contributed by atoms with Gasteiger partial charge < -0.3 is 20.4 Å². The highest BCUT2D eigenvalue weighted by atomic mass is 32.2. The van der Waals surface area contributed by atoms with Gasteiger partial charge in [0.15, 0.2) is 0 Å². The molecule has 1 unspecified atom stereocenters. The number of aromatic nitrogens is 1. The summed E-state index contributed by atoms with van der Waals surface area (Å²) in [5.74, 6) is -0.145.